The van der Waals surface area contributed by atoms with Gasteiger partial charge in [-0.2, -0.15) is 0 Å². The molecule has 1 fully saturated rings. The van der Waals surface area contributed by atoms with Gasteiger partial charge in [-0.05, 0) is 24.7 Å². The number of likely N-dealkylation sites (tertiary alicyclic amines) is 1. The van der Waals surface area contributed by atoms with Gasteiger partial charge in [0.15, 0.2) is 0 Å². The van der Waals surface area contributed by atoms with Crippen molar-refractivity contribution >= 4 is 6.09 Å². The van der Waals surface area contributed by atoms with Crippen LogP contribution in [0.4, 0.5) is 4.79 Å². The second kappa shape index (κ2) is 2.81. The summed E-state index contributed by atoms with van der Waals surface area (Å²) >= 11 is 0. The fourth-order valence-corrected chi connectivity index (χ4v) is 2.18. The van der Waals surface area contributed by atoms with Gasteiger partial charge in [-0.25, -0.2) is 4.79 Å². The first kappa shape index (κ1) is 7.65. The van der Waals surface area contributed by atoms with Crippen LogP contribution in [-0.2, 0) is 0 Å². The molecule has 1 N–H and O–H groups in total. The van der Waals surface area contributed by atoms with Crippen LogP contribution in [0.1, 0.15) is 12.8 Å². The number of fused-ring (bicyclic) bond motifs is 2. The first-order valence-electron chi connectivity index (χ1n) is 4.40. The molecule has 2 bridgehead atoms. The Bertz CT molecular complexity index is 225. The molecule has 2 unspecified atom stereocenters. The molecule has 0 spiro atoms. The Hall–Kier alpha value is -0.990. The van der Waals surface area contributed by atoms with Gasteiger partial charge in [0.05, 0.1) is 0 Å². The third-order valence-corrected chi connectivity index (χ3v) is 2.72. The van der Waals surface area contributed by atoms with Gasteiger partial charge >= 0.3 is 6.09 Å². The van der Waals surface area contributed by atoms with E-state index in [0.29, 0.717) is 18.4 Å². The molecule has 3 nitrogen and oxygen atoms in total. The highest BCUT2D eigenvalue weighted by Crippen LogP contribution is 2.29. The third-order valence-electron chi connectivity index (χ3n) is 2.72. The minimum atomic E-state index is -0.764. The monoisotopic (exact) mass is 167 g/mol. The Morgan fingerprint density at radius 1 is 1.50 bits per heavy atom. The van der Waals surface area contributed by atoms with E-state index < -0.39 is 6.09 Å². The van der Waals surface area contributed by atoms with E-state index in [1.54, 1.807) is 4.90 Å². The quantitative estimate of drug-likeness (QED) is 0.556. The lowest BCUT2D eigenvalue weighted by Gasteiger charge is -2.37. The molecule has 0 saturated carbocycles. The van der Waals surface area contributed by atoms with Gasteiger partial charge in [0, 0.05) is 13.1 Å². The van der Waals surface area contributed by atoms with Gasteiger partial charge in [0.1, 0.15) is 0 Å². The lowest BCUT2D eigenvalue weighted by Crippen LogP contribution is -2.43. The minimum absolute atomic E-state index is 0.480. The van der Waals surface area contributed by atoms with Crippen molar-refractivity contribution in [1.82, 2.24) is 4.90 Å². The van der Waals surface area contributed by atoms with Crippen LogP contribution in [0, 0.1) is 11.8 Å². The van der Waals surface area contributed by atoms with Crippen molar-refractivity contribution in [2.75, 3.05) is 13.1 Å². The molecule has 2 aliphatic rings. The van der Waals surface area contributed by atoms with Gasteiger partial charge in [-0.15, -0.1) is 0 Å². The predicted molar refractivity (Wildman–Crippen MR) is 45.0 cm³/mol. The SMILES string of the molecule is O=C(O)N1CC2C=CCC(C2)C1. The van der Waals surface area contributed by atoms with Crippen LogP contribution < -0.4 is 0 Å². The highest BCUT2D eigenvalue weighted by Gasteiger charge is 2.29. The minimum Gasteiger partial charge on any atom is -0.465 e. The Morgan fingerprint density at radius 3 is 3.00 bits per heavy atom. The van der Waals surface area contributed by atoms with Crippen LogP contribution in [-0.4, -0.2) is 29.2 Å². The van der Waals surface area contributed by atoms with E-state index in [-0.39, 0.29) is 0 Å². The number of nitrogens with zero attached hydrogens (tertiary/aromatic N) is 1. The van der Waals surface area contributed by atoms with Crippen LogP contribution in [0.2, 0.25) is 0 Å². The van der Waals surface area contributed by atoms with Gasteiger partial charge < -0.3 is 10.0 Å². The normalized spacial score (nSPS) is 33.5. The summed E-state index contributed by atoms with van der Waals surface area (Å²) in [6.07, 6.45) is 5.82. The van der Waals surface area contributed by atoms with E-state index in [0.717, 1.165) is 13.0 Å². The number of rotatable bonds is 0. The molecule has 0 radical (unpaired) electrons. The number of carboxylic acid groups (broad SMARTS) is 1. The molecule has 0 aromatic rings. The van der Waals surface area contributed by atoms with E-state index in [1.807, 2.05) is 0 Å². The number of piperidine rings is 1. The highest BCUT2D eigenvalue weighted by molar-refractivity contribution is 5.65. The molecule has 2 atom stereocenters. The number of amides is 1. The van der Waals surface area contributed by atoms with Crippen LogP contribution in [0.15, 0.2) is 12.2 Å². The molecule has 1 amide bonds. The molecular formula is C9H13NO2. The summed E-state index contributed by atoms with van der Waals surface area (Å²) in [6.45, 7) is 1.43. The van der Waals surface area contributed by atoms with Crippen molar-refractivity contribution in [3.63, 3.8) is 0 Å². The summed E-state index contributed by atoms with van der Waals surface area (Å²) in [5.74, 6) is 1.05. The average molecular weight is 167 g/mol. The number of carbonyl (C=O) groups is 1. The lowest BCUT2D eigenvalue weighted by molar-refractivity contribution is 0.105. The Balaban J connectivity index is 2.07. The van der Waals surface area contributed by atoms with Gasteiger partial charge in [-0.3, -0.25) is 0 Å². The number of hydrogen-bond acceptors (Lipinski definition) is 1. The largest absolute Gasteiger partial charge is 0.465 e. The van der Waals surface area contributed by atoms with E-state index in [4.69, 9.17) is 5.11 Å². The van der Waals surface area contributed by atoms with E-state index in [2.05, 4.69) is 12.2 Å². The van der Waals surface area contributed by atoms with Gasteiger partial charge in [-0.1, -0.05) is 12.2 Å². The van der Waals surface area contributed by atoms with Crippen molar-refractivity contribution in [3.8, 4) is 0 Å². The van der Waals surface area contributed by atoms with Crippen LogP contribution in [0.25, 0.3) is 0 Å². The van der Waals surface area contributed by atoms with E-state index >= 15 is 0 Å². The maximum Gasteiger partial charge on any atom is 0.407 e. The summed E-state index contributed by atoms with van der Waals surface area (Å²) in [5.41, 5.74) is 0. The van der Waals surface area contributed by atoms with Crippen LogP contribution in [0.3, 0.4) is 0 Å². The average Bonchev–Trinajstić information content (AvgIpc) is 2.03. The maximum atomic E-state index is 10.7. The van der Waals surface area contributed by atoms with Gasteiger partial charge in [0.25, 0.3) is 0 Å². The molecule has 2 rings (SSSR count). The summed E-state index contributed by atoms with van der Waals surface area (Å²) in [4.78, 5) is 12.2. The summed E-state index contributed by atoms with van der Waals surface area (Å²) in [5, 5.41) is 8.80. The number of hydrogen-bond donors (Lipinski definition) is 1. The molecule has 0 aromatic heterocycles. The lowest BCUT2D eigenvalue weighted by atomic mass is 9.83. The van der Waals surface area contributed by atoms with Crippen molar-refractivity contribution in [3.05, 3.63) is 12.2 Å². The second-order valence-corrected chi connectivity index (χ2v) is 3.71. The fourth-order valence-electron chi connectivity index (χ4n) is 2.18. The maximum absolute atomic E-state index is 10.7. The van der Waals surface area contributed by atoms with E-state index in [9.17, 15) is 4.79 Å². The van der Waals surface area contributed by atoms with Gasteiger partial charge in [0.2, 0.25) is 0 Å². The molecule has 3 heteroatoms. The summed E-state index contributed by atoms with van der Waals surface area (Å²) in [7, 11) is 0. The smallest absolute Gasteiger partial charge is 0.407 e. The molecule has 1 aliphatic carbocycles. The zero-order valence-corrected chi connectivity index (χ0v) is 6.94. The van der Waals surface area contributed by atoms with Crippen LogP contribution >= 0.6 is 0 Å². The van der Waals surface area contributed by atoms with Crippen LogP contribution in [0.5, 0.6) is 0 Å². The molecule has 12 heavy (non-hydrogen) atoms. The zero-order chi connectivity index (χ0) is 8.55. The van der Waals surface area contributed by atoms with E-state index in [1.165, 1.54) is 6.42 Å². The van der Waals surface area contributed by atoms with Crippen molar-refractivity contribution in [2.45, 2.75) is 12.8 Å². The summed E-state index contributed by atoms with van der Waals surface area (Å²) in [6, 6.07) is 0. The van der Waals surface area contributed by atoms with Crippen molar-refractivity contribution < 1.29 is 9.90 Å². The Morgan fingerprint density at radius 2 is 2.33 bits per heavy atom. The standard InChI is InChI=1S/C9H13NO2/c11-9(12)10-5-7-2-1-3-8(4-7)6-10/h1-2,7-8H,3-6H2,(H,11,12). The fraction of sp³-hybridized carbons (Fsp3) is 0.667. The Labute approximate surface area is 71.7 Å². The zero-order valence-electron chi connectivity index (χ0n) is 6.94. The molecule has 1 heterocycles. The predicted octanol–water partition coefficient (Wildman–Crippen LogP) is 1.56. The molecule has 1 saturated heterocycles. The second-order valence-electron chi connectivity index (χ2n) is 3.71. The third kappa shape index (κ3) is 1.31. The van der Waals surface area contributed by atoms with Crippen molar-refractivity contribution in [2.24, 2.45) is 11.8 Å². The number of allylic oxidation sites excluding steroid dienone is 1. The molecular weight excluding hydrogens is 154 g/mol. The molecule has 1 aliphatic heterocycles. The first-order chi connectivity index (χ1) is 5.75. The Kier molecular flexibility index (Phi) is 1.79. The molecule has 0 aromatic carbocycles. The topological polar surface area (TPSA) is 40.5 Å². The van der Waals surface area contributed by atoms with Crippen molar-refractivity contribution in [1.29, 1.82) is 0 Å². The molecule has 66 valence electrons. The highest BCUT2D eigenvalue weighted by atomic mass is 16.4. The first-order valence-corrected chi connectivity index (χ1v) is 4.40. The summed E-state index contributed by atoms with van der Waals surface area (Å²) < 4.78 is 0.